The van der Waals surface area contributed by atoms with Gasteiger partial charge in [0.15, 0.2) is 11.0 Å². The van der Waals surface area contributed by atoms with Crippen LogP contribution in [0.5, 0.6) is 0 Å². The molecule has 0 radical (unpaired) electrons. The van der Waals surface area contributed by atoms with Crippen molar-refractivity contribution in [2.24, 2.45) is 5.10 Å². The van der Waals surface area contributed by atoms with Crippen LogP contribution < -0.4 is 5.43 Å². The van der Waals surface area contributed by atoms with E-state index in [1.165, 1.54) is 11.8 Å². The number of thioether (sulfide) groups is 1. The first-order valence-corrected chi connectivity index (χ1v) is 11.4. The molecule has 0 aliphatic rings. The molecule has 2 aromatic carbocycles. The molecule has 0 fully saturated rings. The molecule has 0 bridgehead atoms. The van der Waals surface area contributed by atoms with Crippen molar-refractivity contribution in [2.75, 3.05) is 5.75 Å². The number of furan rings is 1. The minimum Gasteiger partial charge on any atom is -0.465 e. The second kappa shape index (κ2) is 10.8. The van der Waals surface area contributed by atoms with Crippen LogP contribution in [0.4, 0.5) is 0 Å². The predicted molar refractivity (Wildman–Crippen MR) is 132 cm³/mol. The molecular weight excluding hydrogens is 458 g/mol. The number of nitrogens with zero attached hydrogens (tertiary/aromatic N) is 4. The Kier molecular flexibility index (Phi) is 7.39. The van der Waals surface area contributed by atoms with Crippen molar-refractivity contribution >= 4 is 41.6 Å². The van der Waals surface area contributed by atoms with E-state index in [-0.39, 0.29) is 11.7 Å². The summed E-state index contributed by atoms with van der Waals surface area (Å²) in [6, 6.07) is 20.8. The Balaban J connectivity index is 1.46. The summed E-state index contributed by atoms with van der Waals surface area (Å²) in [6.07, 6.45) is 4.99. The van der Waals surface area contributed by atoms with Gasteiger partial charge in [-0.05, 0) is 55.0 Å². The molecular formula is C24H20ClN5O2S. The summed E-state index contributed by atoms with van der Waals surface area (Å²) in [4.78, 5) is 12.3. The Morgan fingerprint density at radius 2 is 1.91 bits per heavy atom. The molecule has 4 aromatic rings. The van der Waals surface area contributed by atoms with Crippen molar-refractivity contribution in [3.63, 3.8) is 0 Å². The average molecular weight is 478 g/mol. The molecule has 0 aliphatic carbocycles. The summed E-state index contributed by atoms with van der Waals surface area (Å²) in [6.45, 7) is 1.87. The highest BCUT2D eigenvalue weighted by atomic mass is 35.5. The maximum atomic E-state index is 12.3. The van der Waals surface area contributed by atoms with E-state index in [1.807, 2.05) is 66.1 Å². The normalized spacial score (nSPS) is 11.8. The summed E-state index contributed by atoms with van der Waals surface area (Å²) in [5.41, 5.74) is 5.14. The van der Waals surface area contributed by atoms with Crippen LogP contribution in [-0.4, -0.2) is 32.6 Å². The van der Waals surface area contributed by atoms with Crippen molar-refractivity contribution in [3.05, 3.63) is 89.3 Å². The Hall–Kier alpha value is -3.62. The molecule has 1 amide bonds. The first-order valence-electron chi connectivity index (χ1n) is 10.0. The smallest absolute Gasteiger partial charge is 0.250 e. The van der Waals surface area contributed by atoms with Crippen LogP contribution >= 0.6 is 23.4 Å². The molecule has 0 spiro atoms. The molecule has 9 heteroatoms. The summed E-state index contributed by atoms with van der Waals surface area (Å²) < 4.78 is 7.16. The van der Waals surface area contributed by atoms with Gasteiger partial charge in [0.25, 0.3) is 5.91 Å². The fourth-order valence-electron chi connectivity index (χ4n) is 2.96. The number of hydrogen-bond acceptors (Lipinski definition) is 6. The second-order valence-electron chi connectivity index (χ2n) is 6.97. The minimum absolute atomic E-state index is 0.124. The monoisotopic (exact) mass is 477 g/mol. The third-order valence-corrected chi connectivity index (χ3v) is 5.63. The van der Waals surface area contributed by atoms with Gasteiger partial charge in [0, 0.05) is 16.3 Å². The summed E-state index contributed by atoms with van der Waals surface area (Å²) in [5, 5.41) is 13.9. The lowest BCUT2D eigenvalue weighted by molar-refractivity contribution is -0.118. The zero-order valence-electron chi connectivity index (χ0n) is 17.7. The van der Waals surface area contributed by atoms with E-state index in [9.17, 15) is 4.79 Å². The number of amides is 1. The van der Waals surface area contributed by atoms with E-state index in [0.717, 1.165) is 22.6 Å². The Labute approximate surface area is 200 Å². The second-order valence-corrected chi connectivity index (χ2v) is 8.35. The standard InChI is InChI=1S/C24H20ClN5O2S/c1-17(14-21-8-5-13-32-21)15-26-27-22(31)16-33-24-29-28-23(18-6-3-2-4-7-18)30(24)20-11-9-19(25)10-12-20/h2-15H,16H2,1H3,(H,27,31)/b17-14+,26-15-. The fourth-order valence-corrected chi connectivity index (χ4v) is 3.83. The van der Waals surface area contributed by atoms with Crippen LogP contribution in [0.1, 0.15) is 12.7 Å². The van der Waals surface area contributed by atoms with Crippen molar-refractivity contribution in [3.8, 4) is 17.1 Å². The quantitative estimate of drug-likeness (QED) is 0.206. The van der Waals surface area contributed by atoms with Crippen molar-refractivity contribution < 1.29 is 9.21 Å². The van der Waals surface area contributed by atoms with E-state index in [0.29, 0.717) is 16.0 Å². The summed E-state index contributed by atoms with van der Waals surface area (Å²) >= 11 is 7.33. The van der Waals surface area contributed by atoms with Crippen LogP contribution in [0.15, 0.2) is 93.2 Å². The molecule has 2 heterocycles. The molecule has 0 saturated heterocycles. The van der Waals surface area contributed by atoms with Crippen LogP contribution in [-0.2, 0) is 4.79 Å². The number of allylic oxidation sites excluding steroid dienone is 1. The van der Waals surface area contributed by atoms with Gasteiger partial charge >= 0.3 is 0 Å². The molecule has 2 aromatic heterocycles. The SMILES string of the molecule is CC(/C=N\NC(=O)CSc1nnc(-c2ccccc2)n1-c1ccc(Cl)cc1)=C\c1ccco1. The molecule has 0 saturated carbocycles. The summed E-state index contributed by atoms with van der Waals surface area (Å²) in [7, 11) is 0. The Morgan fingerprint density at radius 1 is 1.12 bits per heavy atom. The van der Waals surface area contributed by atoms with Gasteiger partial charge in [-0.25, -0.2) is 5.43 Å². The number of rotatable bonds is 8. The summed E-state index contributed by atoms with van der Waals surface area (Å²) in [5.74, 6) is 1.27. The van der Waals surface area contributed by atoms with Gasteiger partial charge in [0.1, 0.15) is 5.76 Å². The van der Waals surface area contributed by atoms with Gasteiger partial charge in [-0.15, -0.1) is 10.2 Å². The molecule has 7 nitrogen and oxygen atoms in total. The fraction of sp³-hybridized carbons (Fsp3) is 0.0833. The van der Waals surface area contributed by atoms with E-state index in [2.05, 4.69) is 20.7 Å². The number of hydrazone groups is 1. The van der Waals surface area contributed by atoms with Crippen molar-refractivity contribution in [1.82, 2.24) is 20.2 Å². The van der Waals surface area contributed by atoms with Crippen molar-refractivity contribution in [1.29, 1.82) is 0 Å². The van der Waals surface area contributed by atoms with Crippen LogP contribution in [0.2, 0.25) is 5.02 Å². The molecule has 1 N–H and O–H groups in total. The number of halogens is 1. The van der Waals surface area contributed by atoms with Gasteiger partial charge in [-0.1, -0.05) is 53.7 Å². The lowest BCUT2D eigenvalue weighted by Gasteiger charge is -2.10. The first kappa shape index (κ1) is 22.6. The maximum Gasteiger partial charge on any atom is 0.250 e. The van der Waals surface area contributed by atoms with Gasteiger partial charge in [0.2, 0.25) is 0 Å². The maximum absolute atomic E-state index is 12.3. The number of nitrogens with one attached hydrogen (secondary N) is 1. The number of benzene rings is 2. The van der Waals surface area contributed by atoms with Gasteiger partial charge in [-0.2, -0.15) is 5.10 Å². The molecule has 4 rings (SSSR count). The number of carbonyl (C=O) groups excluding carboxylic acids is 1. The molecule has 0 unspecified atom stereocenters. The van der Waals surface area contributed by atoms with Crippen LogP contribution in [0.3, 0.4) is 0 Å². The number of aromatic nitrogens is 3. The Bertz CT molecular complexity index is 1270. The highest BCUT2D eigenvalue weighted by Gasteiger charge is 2.17. The van der Waals surface area contributed by atoms with E-state index in [4.69, 9.17) is 16.0 Å². The molecule has 0 atom stereocenters. The third kappa shape index (κ3) is 6.00. The highest BCUT2D eigenvalue weighted by Crippen LogP contribution is 2.28. The molecule has 166 valence electrons. The first-order chi connectivity index (χ1) is 16.1. The topological polar surface area (TPSA) is 85.3 Å². The van der Waals surface area contributed by atoms with E-state index >= 15 is 0 Å². The lowest BCUT2D eigenvalue weighted by atomic mass is 10.2. The third-order valence-electron chi connectivity index (χ3n) is 4.45. The number of carbonyl (C=O) groups is 1. The lowest BCUT2D eigenvalue weighted by Crippen LogP contribution is -2.20. The van der Waals surface area contributed by atoms with Gasteiger partial charge < -0.3 is 4.42 Å². The predicted octanol–water partition coefficient (Wildman–Crippen LogP) is 5.48. The molecule has 0 aliphatic heterocycles. The van der Waals surface area contributed by atoms with Crippen LogP contribution in [0.25, 0.3) is 23.2 Å². The average Bonchev–Trinajstić information content (AvgIpc) is 3.49. The van der Waals surface area contributed by atoms with E-state index in [1.54, 1.807) is 30.7 Å². The zero-order valence-corrected chi connectivity index (χ0v) is 19.3. The largest absolute Gasteiger partial charge is 0.465 e. The number of hydrogen-bond donors (Lipinski definition) is 1. The van der Waals surface area contributed by atoms with E-state index < -0.39 is 0 Å². The Morgan fingerprint density at radius 3 is 2.64 bits per heavy atom. The minimum atomic E-state index is -0.256. The molecule has 33 heavy (non-hydrogen) atoms. The highest BCUT2D eigenvalue weighted by molar-refractivity contribution is 7.99. The van der Waals surface area contributed by atoms with Crippen molar-refractivity contribution in [2.45, 2.75) is 12.1 Å². The van der Waals surface area contributed by atoms with Gasteiger partial charge in [-0.3, -0.25) is 9.36 Å². The van der Waals surface area contributed by atoms with Gasteiger partial charge in [0.05, 0.1) is 18.2 Å². The zero-order chi connectivity index (χ0) is 23.0. The van der Waals surface area contributed by atoms with Crippen LogP contribution in [0, 0.1) is 0 Å².